The van der Waals surface area contributed by atoms with Gasteiger partial charge in [-0.3, -0.25) is 14.9 Å². The van der Waals surface area contributed by atoms with Crippen LogP contribution >= 0.6 is 11.6 Å². The third-order valence-electron chi connectivity index (χ3n) is 3.39. The van der Waals surface area contributed by atoms with Gasteiger partial charge in [0.15, 0.2) is 6.10 Å². The number of nitro benzene ring substituents is 1. The molecule has 0 saturated carbocycles. The molecule has 2 rings (SSSR count). The normalized spacial score (nSPS) is 11.3. The molecule has 0 aliphatic heterocycles. The van der Waals surface area contributed by atoms with Crippen LogP contribution in [0.3, 0.4) is 0 Å². The summed E-state index contributed by atoms with van der Waals surface area (Å²) in [6.07, 6.45) is -1.11. The lowest BCUT2D eigenvalue weighted by Gasteiger charge is -2.14. The van der Waals surface area contributed by atoms with Crippen LogP contribution in [-0.2, 0) is 9.53 Å². The van der Waals surface area contributed by atoms with E-state index in [-0.39, 0.29) is 10.6 Å². The van der Waals surface area contributed by atoms with E-state index in [1.54, 1.807) is 24.3 Å². The van der Waals surface area contributed by atoms with E-state index in [0.717, 1.165) is 6.07 Å². The van der Waals surface area contributed by atoms with Crippen molar-refractivity contribution >= 4 is 34.9 Å². The van der Waals surface area contributed by atoms with Gasteiger partial charge in [-0.25, -0.2) is 4.79 Å². The van der Waals surface area contributed by atoms with Gasteiger partial charge >= 0.3 is 5.97 Å². The predicted octanol–water partition coefficient (Wildman–Crippen LogP) is 3.44. The van der Waals surface area contributed by atoms with Gasteiger partial charge in [0.25, 0.3) is 11.6 Å². The number of carbonyl (C=O) groups is 2. The molecule has 0 aliphatic carbocycles. The van der Waals surface area contributed by atoms with Crippen molar-refractivity contribution in [1.82, 2.24) is 0 Å². The smallest absolute Gasteiger partial charge is 0.339 e. The van der Waals surface area contributed by atoms with Crippen LogP contribution in [0.5, 0.6) is 5.75 Å². The first kappa shape index (κ1) is 19.2. The Bertz CT molecular complexity index is 838. The molecule has 0 heterocycles. The maximum atomic E-state index is 12.1. The molecule has 0 bridgehead atoms. The van der Waals surface area contributed by atoms with Gasteiger partial charge in [0.2, 0.25) is 0 Å². The van der Waals surface area contributed by atoms with Gasteiger partial charge in [-0.1, -0.05) is 11.6 Å². The average Bonchev–Trinajstić information content (AvgIpc) is 2.62. The highest BCUT2D eigenvalue weighted by atomic mass is 35.5. The van der Waals surface area contributed by atoms with E-state index in [1.807, 2.05) is 0 Å². The minimum atomic E-state index is -1.11. The summed E-state index contributed by atoms with van der Waals surface area (Å²) in [6, 6.07) is 10.1. The fourth-order valence-corrected chi connectivity index (χ4v) is 2.17. The molecule has 2 aromatic carbocycles. The molecule has 8 nitrogen and oxygen atoms in total. The summed E-state index contributed by atoms with van der Waals surface area (Å²) in [7, 11) is 1.52. The van der Waals surface area contributed by atoms with E-state index < -0.39 is 28.6 Å². The Hall–Kier alpha value is -3.13. The molecular formula is C17H15ClN2O6. The Labute approximate surface area is 153 Å². The molecule has 26 heavy (non-hydrogen) atoms. The summed E-state index contributed by atoms with van der Waals surface area (Å²) in [5.41, 5.74) is 0.00230. The Morgan fingerprint density at radius 3 is 2.42 bits per heavy atom. The second-order valence-corrected chi connectivity index (χ2v) is 5.60. The maximum absolute atomic E-state index is 12.1. The van der Waals surface area contributed by atoms with E-state index in [9.17, 15) is 19.7 Å². The number of hydrogen-bond donors (Lipinski definition) is 1. The number of ether oxygens (including phenoxy) is 2. The zero-order valence-corrected chi connectivity index (χ0v) is 14.6. The van der Waals surface area contributed by atoms with Crippen molar-refractivity contribution in [1.29, 1.82) is 0 Å². The fraction of sp³-hybridized carbons (Fsp3) is 0.176. The van der Waals surface area contributed by atoms with E-state index in [0.29, 0.717) is 11.4 Å². The van der Waals surface area contributed by atoms with Gasteiger partial charge in [0.05, 0.1) is 17.6 Å². The van der Waals surface area contributed by atoms with Gasteiger partial charge in [0.1, 0.15) is 10.8 Å². The highest BCUT2D eigenvalue weighted by Crippen LogP contribution is 2.25. The molecule has 9 heteroatoms. The minimum Gasteiger partial charge on any atom is -0.497 e. The van der Waals surface area contributed by atoms with Crippen molar-refractivity contribution in [3.63, 3.8) is 0 Å². The first-order valence-electron chi connectivity index (χ1n) is 7.41. The Morgan fingerprint density at radius 2 is 1.85 bits per heavy atom. The maximum Gasteiger partial charge on any atom is 0.339 e. The van der Waals surface area contributed by atoms with Crippen LogP contribution in [0.2, 0.25) is 5.02 Å². The zero-order chi connectivity index (χ0) is 19.3. The van der Waals surface area contributed by atoms with Crippen molar-refractivity contribution in [3.8, 4) is 5.75 Å². The Balaban J connectivity index is 2.02. The van der Waals surface area contributed by atoms with Gasteiger partial charge in [-0.05, 0) is 43.3 Å². The number of hydrogen-bond acceptors (Lipinski definition) is 6. The Kier molecular flexibility index (Phi) is 6.13. The van der Waals surface area contributed by atoms with Crippen LogP contribution in [-0.4, -0.2) is 30.0 Å². The third kappa shape index (κ3) is 4.70. The SMILES string of the molecule is COc1ccc(NC(=O)[C@@H](C)OC(=O)c2ccc(Cl)c([N+](=O)[O-])c2)cc1. The largest absolute Gasteiger partial charge is 0.497 e. The zero-order valence-electron chi connectivity index (χ0n) is 13.9. The highest BCUT2D eigenvalue weighted by Gasteiger charge is 2.22. The number of methoxy groups -OCH3 is 1. The number of halogens is 1. The lowest BCUT2D eigenvalue weighted by atomic mass is 10.2. The van der Waals surface area contributed by atoms with Crippen molar-refractivity contribution in [2.75, 3.05) is 12.4 Å². The van der Waals surface area contributed by atoms with Crippen LogP contribution in [0.1, 0.15) is 17.3 Å². The molecule has 0 radical (unpaired) electrons. The number of benzene rings is 2. The summed E-state index contributed by atoms with van der Waals surface area (Å²) in [5.74, 6) is -0.791. The first-order valence-corrected chi connectivity index (χ1v) is 7.79. The van der Waals surface area contributed by atoms with E-state index in [2.05, 4.69) is 5.32 Å². The minimum absolute atomic E-state index is 0.0785. The molecule has 0 spiro atoms. The van der Waals surface area contributed by atoms with Crippen molar-refractivity contribution < 1.29 is 24.0 Å². The van der Waals surface area contributed by atoms with E-state index in [1.165, 1.54) is 26.2 Å². The van der Waals surface area contributed by atoms with Gasteiger partial charge in [-0.2, -0.15) is 0 Å². The standard InChI is InChI=1S/C17H15ClN2O6/c1-10(16(21)19-12-4-6-13(25-2)7-5-12)26-17(22)11-3-8-14(18)15(9-11)20(23)24/h3-10H,1-2H3,(H,19,21)/t10-/m1/s1. The molecule has 0 saturated heterocycles. The van der Waals surface area contributed by atoms with Crippen molar-refractivity contribution in [3.05, 3.63) is 63.2 Å². The lowest BCUT2D eigenvalue weighted by molar-refractivity contribution is -0.384. The fourth-order valence-electron chi connectivity index (χ4n) is 1.98. The van der Waals surface area contributed by atoms with Crippen LogP contribution in [0.25, 0.3) is 0 Å². The number of carbonyl (C=O) groups excluding carboxylic acids is 2. The number of nitrogens with one attached hydrogen (secondary N) is 1. The summed E-state index contributed by atoms with van der Waals surface area (Å²) in [6.45, 7) is 1.39. The number of nitro groups is 1. The summed E-state index contributed by atoms with van der Waals surface area (Å²) in [4.78, 5) is 34.4. The molecule has 2 aromatic rings. The second kappa shape index (κ2) is 8.30. The van der Waals surface area contributed by atoms with Crippen LogP contribution in [0, 0.1) is 10.1 Å². The van der Waals surface area contributed by atoms with Gasteiger partial charge < -0.3 is 14.8 Å². The molecule has 0 aliphatic rings. The van der Waals surface area contributed by atoms with E-state index >= 15 is 0 Å². The summed E-state index contributed by atoms with van der Waals surface area (Å²) in [5, 5.41) is 13.4. The van der Waals surface area contributed by atoms with Crippen molar-refractivity contribution in [2.45, 2.75) is 13.0 Å². The van der Waals surface area contributed by atoms with Gasteiger partial charge in [-0.15, -0.1) is 0 Å². The molecule has 0 fully saturated rings. The first-order chi connectivity index (χ1) is 12.3. The second-order valence-electron chi connectivity index (χ2n) is 5.19. The average molecular weight is 379 g/mol. The lowest BCUT2D eigenvalue weighted by Crippen LogP contribution is -2.30. The van der Waals surface area contributed by atoms with Crippen molar-refractivity contribution in [2.24, 2.45) is 0 Å². The molecular weight excluding hydrogens is 364 g/mol. The van der Waals surface area contributed by atoms with Crippen LogP contribution in [0.4, 0.5) is 11.4 Å². The van der Waals surface area contributed by atoms with Crippen LogP contribution < -0.4 is 10.1 Å². The Morgan fingerprint density at radius 1 is 1.19 bits per heavy atom. The number of amides is 1. The quantitative estimate of drug-likeness (QED) is 0.468. The number of anilines is 1. The molecule has 1 amide bonds. The molecule has 136 valence electrons. The molecule has 1 atom stereocenters. The molecule has 0 aromatic heterocycles. The van der Waals surface area contributed by atoms with Gasteiger partial charge in [0, 0.05) is 11.8 Å². The molecule has 0 unspecified atom stereocenters. The summed E-state index contributed by atoms with van der Waals surface area (Å²) < 4.78 is 10.1. The monoisotopic (exact) mass is 378 g/mol. The predicted molar refractivity (Wildman–Crippen MR) is 94.6 cm³/mol. The number of rotatable bonds is 6. The highest BCUT2D eigenvalue weighted by molar-refractivity contribution is 6.32. The van der Waals surface area contributed by atoms with Crippen LogP contribution in [0.15, 0.2) is 42.5 Å². The topological polar surface area (TPSA) is 108 Å². The third-order valence-corrected chi connectivity index (χ3v) is 3.71. The number of nitrogens with zero attached hydrogens (tertiary/aromatic N) is 1. The van der Waals surface area contributed by atoms with E-state index in [4.69, 9.17) is 21.1 Å². The molecule has 1 N–H and O–H groups in total. The number of esters is 1. The summed E-state index contributed by atoms with van der Waals surface area (Å²) >= 11 is 5.70.